The number of hydrogen-bond acceptors (Lipinski definition) is 3. The smallest absolute Gasteiger partial charge is 0.275 e. The van der Waals surface area contributed by atoms with Crippen LogP contribution in [0.1, 0.15) is 28.3 Å². The number of rotatable bonds is 7. The van der Waals surface area contributed by atoms with Crippen molar-refractivity contribution in [3.63, 3.8) is 0 Å². The predicted octanol–water partition coefficient (Wildman–Crippen LogP) is 2.69. The maximum Gasteiger partial charge on any atom is 0.275 e. The quantitative estimate of drug-likeness (QED) is 0.653. The minimum absolute atomic E-state index is 0.00397. The molecule has 0 radical (unpaired) electrons. The monoisotopic (exact) mass is 389 g/mol. The van der Waals surface area contributed by atoms with Gasteiger partial charge < -0.3 is 20.1 Å². The number of benzene rings is 3. The Morgan fingerprint density at radius 2 is 1.69 bits per heavy atom. The van der Waals surface area contributed by atoms with Crippen LogP contribution in [0.2, 0.25) is 0 Å². The largest absolute Gasteiger partial charge is 0.454 e. The molecule has 0 saturated carbocycles. The molecular formula is C24H25N2O3+. The standard InChI is InChI=1S/C24H24N2O3/c1-17-7-10-20(11-8-17)24(19-5-3-2-4-6-19)26-15-23(27)25-14-18-9-12-21-22(13-18)29-16-28-21/h2-13,24,26H,14-16H2,1H3,(H,25,27)/p+1/t24-/m0/s1. The highest BCUT2D eigenvalue weighted by molar-refractivity contribution is 5.76. The number of nitrogens with one attached hydrogen (secondary N) is 1. The first kappa shape index (κ1) is 19.0. The van der Waals surface area contributed by atoms with Crippen molar-refractivity contribution in [2.75, 3.05) is 13.3 Å². The van der Waals surface area contributed by atoms with Crippen LogP contribution in [-0.2, 0) is 11.3 Å². The highest BCUT2D eigenvalue weighted by Crippen LogP contribution is 2.32. The van der Waals surface area contributed by atoms with E-state index in [0.29, 0.717) is 13.1 Å². The Labute approximate surface area is 170 Å². The molecule has 5 heteroatoms. The summed E-state index contributed by atoms with van der Waals surface area (Å²) in [5.41, 5.74) is 4.58. The van der Waals surface area contributed by atoms with Gasteiger partial charge in [-0.15, -0.1) is 0 Å². The summed E-state index contributed by atoms with van der Waals surface area (Å²) < 4.78 is 10.7. The zero-order chi connectivity index (χ0) is 20.1. The van der Waals surface area contributed by atoms with E-state index in [4.69, 9.17) is 9.47 Å². The van der Waals surface area contributed by atoms with Gasteiger partial charge in [0.25, 0.3) is 5.91 Å². The molecule has 1 aliphatic rings. The molecule has 0 fully saturated rings. The number of amides is 1. The van der Waals surface area contributed by atoms with E-state index in [-0.39, 0.29) is 18.7 Å². The number of nitrogens with two attached hydrogens (primary N) is 1. The lowest BCUT2D eigenvalue weighted by Crippen LogP contribution is -2.87. The number of carbonyl (C=O) groups is 1. The van der Waals surface area contributed by atoms with E-state index in [1.54, 1.807) is 0 Å². The second-order valence-electron chi connectivity index (χ2n) is 7.20. The van der Waals surface area contributed by atoms with Crippen LogP contribution < -0.4 is 20.1 Å². The third kappa shape index (κ3) is 4.76. The van der Waals surface area contributed by atoms with Crippen molar-refractivity contribution in [3.8, 4) is 11.5 Å². The van der Waals surface area contributed by atoms with Gasteiger partial charge in [-0.3, -0.25) is 4.79 Å². The van der Waals surface area contributed by atoms with Gasteiger partial charge in [-0.1, -0.05) is 66.2 Å². The van der Waals surface area contributed by atoms with E-state index in [9.17, 15) is 4.79 Å². The van der Waals surface area contributed by atoms with Crippen LogP contribution in [0.15, 0.2) is 72.8 Å². The van der Waals surface area contributed by atoms with Gasteiger partial charge in [0.1, 0.15) is 6.04 Å². The van der Waals surface area contributed by atoms with Crippen molar-refractivity contribution >= 4 is 5.91 Å². The van der Waals surface area contributed by atoms with Gasteiger partial charge in [-0.2, -0.15) is 0 Å². The third-order valence-electron chi connectivity index (χ3n) is 5.06. The zero-order valence-corrected chi connectivity index (χ0v) is 16.4. The number of ether oxygens (including phenoxy) is 2. The fraction of sp³-hybridized carbons (Fsp3) is 0.208. The van der Waals surface area contributed by atoms with Gasteiger partial charge in [0.05, 0.1) is 0 Å². The molecule has 5 nitrogen and oxygen atoms in total. The van der Waals surface area contributed by atoms with E-state index in [1.165, 1.54) is 16.7 Å². The van der Waals surface area contributed by atoms with Crippen LogP contribution in [-0.4, -0.2) is 19.2 Å². The second kappa shape index (κ2) is 8.80. The number of fused-ring (bicyclic) bond motifs is 1. The number of aryl methyl sites for hydroxylation is 1. The van der Waals surface area contributed by atoms with Crippen LogP contribution in [0.4, 0.5) is 0 Å². The Morgan fingerprint density at radius 1 is 0.966 bits per heavy atom. The first-order valence-corrected chi connectivity index (χ1v) is 9.79. The summed E-state index contributed by atoms with van der Waals surface area (Å²) in [6.07, 6.45) is 0. The summed E-state index contributed by atoms with van der Waals surface area (Å²) in [5.74, 6) is 1.47. The molecule has 0 aliphatic carbocycles. The SMILES string of the molecule is Cc1ccc([C@@H]([NH2+]CC(=O)NCc2ccc3c(c2)OCO3)c2ccccc2)cc1. The lowest BCUT2D eigenvalue weighted by molar-refractivity contribution is -0.676. The summed E-state index contributed by atoms with van der Waals surface area (Å²) in [7, 11) is 0. The number of hydrogen-bond donors (Lipinski definition) is 2. The van der Waals surface area contributed by atoms with E-state index < -0.39 is 0 Å². The molecule has 0 saturated heterocycles. The second-order valence-corrected chi connectivity index (χ2v) is 7.20. The van der Waals surface area contributed by atoms with Gasteiger partial charge in [0, 0.05) is 17.7 Å². The highest BCUT2D eigenvalue weighted by Gasteiger charge is 2.19. The van der Waals surface area contributed by atoms with Crippen LogP contribution in [0.25, 0.3) is 0 Å². The minimum Gasteiger partial charge on any atom is -0.454 e. The summed E-state index contributed by atoms with van der Waals surface area (Å²) in [5, 5.41) is 5.07. The molecule has 1 atom stereocenters. The average molecular weight is 389 g/mol. The fourth-order valence-corrected chi connectivity index (χ4v) is 3.45. The summed E-state index contributed by atoms with van der Waals surface area (Å²) >= 11 is 0. The maximum atomic E-state index is 12.5. The van der Waals surface area contributed by atoms with Crippen LogP contribution in [0.3, 0.4) is 0 Å². The lowest BCUT2D eigenvalue weighted by atomic mass is 9.98. The molecule has 1 amide bonds. The molecule has 1 aliphatic heterocycles. The first-order chi connectivity index (χ1) is 14.2. The molecule has 148 valence electrons. The van der Waals surface area contributed by atoms with Crippen LogP contribution in [0, 0.1) is 6.92 Å². The molecule has 0 aromatic heterocycles. The van der Waals surface area contributed by atoms with Gasteiger partial charge in [0.2, 0.25) is 6.79 Å². The molecule has 0 bridgehead atoms. The predicted molar refractivity (Wildman–Crippen MR) is 111 cm³/mol. The third-order valence-corrected chi connectivity index (χ3v) is 5.06. The Morgan fingerprint density at radius 3 is 2.48 bits per heavy atom. The maximum absolute atomic E-state index is 12.5. The molecular weight excluding hydrogens is 364 g/mol. The molecule has 0 unspecified atom stereocenters. The minimum atomic E-state index is -0.00397. The summed E-state index contributed by atoms with van der Waals surface area (Å²) in [6.45, 7) is 3.14. The molecule has 0 spiro atoms. The van der Waals surface area contributed by atoms with Crippen molar-refractivity contribution in [2.45, 2.75) is 19.5 Å². The van der Waals surface area contributed by atoms with Crippen molar-refractivity contribution in [2.24, 2.45) is 0 Å². The van der Waals surface area contributed by atoms with Crippen molar-refractivity contribution in [1.29, 1.82) is 0 Å². The molecule has 29 heavy (non-hydrogen) atoms. The number of quaternary nitrogens is 1. The summed E-state index contributed by atoms with van der Waals surface area (Å²) in [6, 6.07) is 24.6. The van der Waals surface area contributed by atoms with Gasteiger partial charge in [-0.05, 0) is 24.6 Å². The van der Waals surface area contributed by atoms with Gasteiger partial charge >= 0.3 is 0 Å². The Hall–Kier alpha value is -3.31. The zero-order valence-electron chi connectivity index (χ0n) is 16.4. The van der Waals surface area contributed by atoms with Crippen molar-refractivity contribution in [3.05, 3.63) is 95.1 Å². The van der Waals surface area contributed by atoms with E-state index in [0.717, 1.165) is 17.1 Å². The highest BCUT2D eigenvalue weighted by atomic mass is 16.7. The Kier molecular flexibility index (Phi) is 5.77. The molecule has 4 rings (SSSR count). The number of carbonyl (C=O) groups excluding carboxylic acids is 1. The van der Waals surface area contributed by atoms with Crippen LogP contribution in [0.5, 0.6) is 11.5 Å². The average Bonchev–Trinajstić information content (AvgIpc) is 3.22. The van der Waals surface area contributed by atoms with E-state index >= 15 is 0 Å². The Bertz CT molecular complexity index is 971. The molecule has 3 N–H and O–H groups in total. The normalized spacial score (nSPS) is 13.1. The van der Waals surface area contributed by atoms with Gasteiger partial charge in [-0.25, -0.2) is 0 Å². The topological polar surface area (TPSA) is 64.2 Å². The molecule has 3 aromatic carbocycles. The van der Waals surface area contributed by atoms with Crippen molar-refractivity contribution < 1.29 is 19.6 Å². The molecule has 3 aromatic rings. The van der Waals surface area contributed by atoms with Crippen LogP contribution >= 0.6 is 0 Å². The lowest BCUT2D eigenvalue weighted by Gasteiger charge is -2.17. The fourth-order valence-electron chi connectivity index (χ4n) is 3.45. The summed E-state index contributed by atoms with van der Waals surface area (Å²) in [4.78, 5) is 12.5. The molecule has 1 heterocycles. The van der Waals surface area contributed by atoms with Crippen molar-refractivity contribution in [1.82, 2.24) is 5.32 Å². The first-order valence-electron chi connectivity index (χ1n) is 9.79. The van der Waals surface area contributed by atoms with Gasteiger partial charge in [0.15, 0.2) is 18.0 Å². The van der Waals surface area contributed by atoms with E-state index in [1.807, 2.05) is 36.4 Å². The Balaban J connectivity index is 1.38. The van der Waals surface area contributed by atoms with E-state index in [2.05, 4.69) is 54.0 Å².